The number of carbonyl (C=O) groups is 1. The summed E-state index contributed by atoms with van der Waals surface area (Å²) in [6.07, 6.45) is -0.856. The third-order valence-electron chi connectivity index (χ3n) is 4.88. The summed E-state index contributed by atoms with van der Waals surface area (Å²) in [6, 6.07) is 23.9. The largest absolute Gasteiger partial charge is 0.491 e. The molecule has 2 N–H and O–H groups in total. The molecule has 3 aromatic rings. The smallest absolute Gasteiger partial charge is 0.158 e. The average Bonchev–Trinajstić information content (AvgIpc) is 2.76. The Labute approximate surface area is 186 Å². The molecular weight excluding hydrogens is 421 g/mol. The Morgan fingerprint density at radius 2 is 1.53 bits per heavy atom. The van der Waals surface area contributed by atoms with E-state index in [1.807, 2.05) is 60.7 Å². The number of aliphatic hydroxyl groups is 1. The number of aliphatic hydroxyl groups excluding tert-OH is 1. The Bertz CT molecular complexity index is 941. The van der Waals surface area contributed by atoms with Crippen molar-refractivity contribution in [1.82, 2.24) is 5.32 Å². The van der Waals surface area contributed by atoms with E-state index in [0.29, 0.717) is 15.8 Å². The van der Waals surface area contributed by atoms with Crippen LogP contribution in [0.25, 0.3) is 0 Å². The number of ketones is 1. The van der Waals surface area contributed by atoms with Crippen molar-refractivity contribution < 1.29 is 14.6 Å². The predicted octanol–water partition coefficient (Wildman–Crippen LogP) is 4.86. The summed E-state index contributed by atoms with van der Waals surface area (Å²) in [7, 11) is 0. The minimum atomic E-state index is -1.08. The normalized spacial score (nSPS) is 12.4. The summed E-state index contributed by atoms with van der Waals surface area (Å²) in [4.78, 5) is 12.9. The highest BCUT2D eigenvalue weighted by atomic mass is 35.5. The van der Waals surface area contributed by atoms with Gasteiger partial charge in [-0.2, -0.15) is 0 Å². The first-order chi connectivity index (χ1) is 14.4. The molecule has 30 heavy (non-hydrogen) atoms. The molecule has 0 aliphatic heterocycles. The lowest BCUT2D eigenvalue weighted by Crippen LogP contribution is -2.52. The van der Waals surface area contributed by atoms with Crippen LogP contribution in [0.4, 0.5) is 0 Å². The number of ether oxygens (including phenoxy) is 1. The minimum absolute atomic E-state index is 0.0303. The van der Waals surface area contributed by atoms with Crippen LogP contribution in [0.1, 0.15) is 18.1 Å². The van der Waals surface area contributed by atoms with E-state index in [1.165, 1.54) is 0 Å². The van der Waals surface area contributed by atoms with Gasteiger partial charge in [0.15, 0.2) is 5.78 Å². The van der Waals surface area contributed by atoms with Crippen LogP contribution in [-0.2, 0) is 10.3 Å². The Kier molecular flexibility index (Phi) is 7.51. The van der Waals surface area contributed by atoms with Crippen LogP contribution in [0.5, 0.6) is 5.75 Å². The molecule has 0 aliphatic carbocycles. The number of carbonyl (C=O) groups excluding carboxylic acids is 1. The molecule has 6 heteroatoms. The van der Waals surface area contributed by atoms with E-state index >= 15 is 0 Å². The van der Waals surface area contributed by atoms with Gasteiger partial charge in [-0.1, -0.05) is 83.9 Å². The van der Waals surface area contributed by atoms with Crippen LogP contribution in [0.3, 0.4) is 0 Å². The van der Waals surface area contributed by atoms with Crippen LogP contribution < -0.4 is 10.1 Å². The van der Waals surface area contributed by atoms with E-state index in [-0.39, 0.29) is 18.9 Å². The van der Waals surface area contributed by atoms with Gasteiger partial charge in [-0.25, -0.2) is 0 Å². The van der Waals surface area contributed by atoms with Gasteiger partial charge in [0, 0.05) is 12.6 Å². The van der Waals surface area contributed by atoms with E-state index in [2.05, 4.69) is 5.32 Å². The number of hydrogen-bond donors (Lipinski definition) is 2. The molecule has 1 atom stereocenters. The maximum Gasteiger partial charge on any atom is 0.158 e. The van der Waals surface area contributed by atoms with Crippen molar-refractivity contribution in [2.75, 3.05) is 13.2 Å². The number of Topliss-reactive ketones (excluding diaryl/α,β-unsaturated/α-hetero) is 1. The second-order valence-electron chi connectivity index (χ2n) is 6.96. The zero-order valence-electron chi connectivity index (χ0n) is 16.5. The molecule has 0 saturated carbocycles. The molecule has 156 valence electrons. The molecule has 0 radical (unpaired) electrons. The van der Waals surface area contributed by atoms with Crippen molar-refractivity contribution in [2.24, 2.45) is 0 Å². The number of halogens is 2. The highest BCUT2D eigenvalue weighted by Crippen LogP contribution is 2.31. The van der Waals surface area contributed by atoms with Gasteiger partial charge in [0.2, 0.25) is 0 Å². The summed E-state index contributed by atoms with van der Waals surface area (Å²) >= 11 is 11.9. The monoisotopic (exact) mass is 443 g/mol. The summed E-state index contributed by atoms with van der Waals surface area (Å²) in [5.41, 5.74) is 0.537. The van der Waals surface area contributed by atoms with Gasteiger partial charge in [-0.3, -0.25) is 10.1 Å². The van der Waals surface area contributed by atoms with Crippen LogP contribution in [0.15, 0.2) is 78.9 Å². The fourth-order valence-corrected chi connectivity index (χ4v) is 3.66. The van der Waals surface area contributed by atoms with E-state index in [4.69, 9.17) is 27.9 Å². The van der Waals surface area contributed by atoms with Crippen LogP contribution >= 0.6 is 23.2 Å². The van der Waals surface area contributed by atoms with Crippen molar-refractivity contribution in [2.45, 2.75) is 18.6 Å². The fourth-order valence-electron chi connectivity index (χ4n) is 3.37. The van der Waals surface area contributed by atoms with Gasteiger partial charge < -0.3 is 9.84 Å². The first kappa shape index (κ1) is 22.3. The quantitative estimate of drug-likeness (QED) is 0.495. The molecule has 1 unspecified atom stereocenters. The Morgan fingerprint density at radius 1 is 0.967 bits per heavy atom. The lowest BCUT2D eigenvalue weighted by Gasteiger charge is -2.34. The predicted molar refractivity (Wildman–Crippen MR) is 120 cm³/mol. The van der Waals surface area contributed by atoms with Crippen molar-refractivity contribution in [3.8, 4) is 5.75 Å². The molecule has 3 aromatic carbocycles. The molecule has 3 rings (SSSR count). The lowest BCUT2D eigenvalue weighted by atomic mass is 9.79. The van der Waals surface area contributed by atoms with Crippen LogP contribution in [-0.4, -0.2) is 30.1 Å². The molecule has 0 spiro atoms. The van der Waals surface area contributed by atoms with Gasteiger partial charge in [0.25, 0.3) is 0 Å². The number of hydrogen-bond acceptors (Lipinski definition) is 4. The van der Waals surface area contributed by atoms with Gasteiger partial charge in [0.1, 0.15) is 24.0 Å². The molecule has 4 nitrogen and oxygen atoms in total. The zero-order valence-corrected chi connectivity index (χ0v) is 18.0. The Morgan fingerprint density at radius 3 is 2.03 bits per heavy atom. The molecule has 0 fully saturated rings. The molecule has 0 bridgehead atoms. The van der Waals surface area contributed by atoms with E-state index < -0.39 is 11.6 Å². The van der Waals surface area contributed by atoms with Gasteiger partial charge in [0.05, 0.1) is 10.0 Å². The highest BCUT2D eigenvalue weighted by molar-refractivity contribution is 6.42. The first-order valence-corrected chi connectivity index (χ1v) is 10.3. The van der Waals surface area contributed by atoms with E-state index in [9.17, 15) is 9.90 Å². The molecule has 0 heterocycles. The van der Waals surface area contributed by atoms with Crippen molar-refractivity contribution in [1.29, 1.82) is 0 Å². The van der Waals surface area contributed by atoms with Gasteiger partial charge in [-0.05, 0) is 30.2 Å². The number of rotatable bonds is 9. The molecule has 0 amide bonds. The van der Waals surface area contributed by atoms with E-state index in [1.54, 1.807) is 25.1 Å². The third kappa shape index (κ3) is 5.02. The number of benzene rings is 3. The Balaban J connectivity index is 1.78. The van der Waals surface area contributed by atoms with Crippen LogP contribution in [0.2, 0.25) is 10.0 Å². The molecule has 0 aromatic heterocycles. The lowest BCUT2D eigenvalue weighted by molar-refractivity contribution is -0.122. The highest BCUT2D eigenvalue weighted by Gasteiger charge is 2.39. The summed E-state index contributed by atoms with van der Waals surface area (Å²) in [5.74, 6) is 0.435. The standard InChI is InChI=1S/C24H23Cl2NO3/c1-17(28)24(18-8-4-2-5-9-18,19-10-6-3-7-11-19)27-15-20(29)16-30-21-12-13-22(25)23(26)14-21/h2-14,20,27,29H,15-16H2,1H3. The average molecular weight is 444 g/mol. The molecule has 0 aliphatic rings. The van der Waals surface area contributed by atoms with E-state index in [0.717, 1.165) is 11.1 Å². The van der Waals surface area contributed by atoms with Crippen molar-refractivity contribution >= 4 is 29.0 Å². The fraction of sp³-hybridized carbons (Fsp3) is 0.208. The molecule has 0 saturated heterocycles. The molecular formula is C24H23Cl2NO3. The maximum absolute atomic E-state index is 12.9. The minimum Gasteiger partial charge on any atom is -0.491 e. The summed E-state index contributed by atoms with van der Waals surface area (Å²) in [5, 5.41) is 14.6. The summed E-state index contributed by atoms with van der Waals surface area (Å²) in [6.45, 7) is 1.72. The van der Waals surface area contributed by atoms with Crippen molar-refractivity contribution in [3.05, 3.63) is 100 Å². The number of nitrogens with one attached hydrogen (secondary N) is 1. The second-order valence-corrected chi connectivity index (χ2v) is 7.77. The first-order valence-electron chi connectivity index (χ1n) is 9.56. The third-order valence-corrected chi connectivity index (χ3v) is 5.62. The SMILES string of the molecule is CC(=O)C(NCC(O)COc1ccc(Cl)c(Cl)c1)(c1ccccc1)c1ccccc1. The second kappa shape index (κ2) is 10.1. The van der Waals surface area contributed by atoms with Crippen molar-refractivity contribution in [3.63, 3.8) is 0 Å². The van der Waals surface area contributed by atoms with Crippen LogP contribution in [0, 0.1) is 0 Å². The topological polar surface area (TPSA) is 58.6 Å². The van der Waals surface area contributed by atoms with Gasteiger partial charge in [-0.15, -0.1) is 0 Å². The zero-order chi connectivity index (χ0) is 21.6. The maximum atomic E-state index is 12.9. The van der Waals surface area contributed by atoms with Gasteiger partial charge >= 0.3 is 0 Å². The Hall–Kier alpha value is -2.37. The summed E-state index contributed by atoms with van der Waals surface area (Å²) < 4.78 is 5.62.